The van der Waals surface area contributed by atoms with Crippen LogP contribution in [0.3, 0.4) is 0 Å². The Morgan fingerprint density at radius 3 is 3.00 bits per heavy atom. The molecule has 6 nitrogen and oxygen atoms in total. The summed E-state index contributed by atoms with van der Waals surface area (Å²) >= 11 is 0. The molecule has 0 bridgehead atoms. The average molecular weight is 271 g/mol. The third-order valence-corrected chi connectivity index (χ3v) is 3.77. The van der Waals surface area contributed by atoms with Gasteiger partial charge in [0.05, 0.1) is 5.69 Å². The summed E-state index contributed by atoms with van der Waals surface area (Å²) in [5, 5.41) is 11.1. The molecule has 6 heteroatoms. The van der Waals surface area contributed by atoms with Gasteiger partial charge in [-0.25, -0.2) is 4.68 Å². The zero-order valence-electron chi connectivity index (χ0n) is 11.4. The van der Waals surface area contributed by atoms with Gasteiger partial charge in [-0.05, 0) is 54.8 Å². The number of nitrogens with zero attached hydrogens (tertiary/aromatic N) is 5. The number of hydrogen-bond acceptors (Lipinski definition) is 4. The molecule has 0 radical (unpaired) electrons. The second kappa shape index (κ2) is 5.40. The highest BCUT2D eigenvalue weighted by atomic mass is 16.2. The minimum absolute atomic E-state index is 0.0899. The SMILES string of the molecule is C[C@@H]1CCCCN1C(=O)c1cccc(-n2cnnn2)c1. The van der Waals surface area contributed by atoms with E-state index >= 15 is 0 Å². The quantitative estimate of drug-likeness (QED) is 0.833. The van der Waals surface area contributed by atoms with Crippen molar-refractivity contribution >= 4 is 5.91 Å². The highest BCUT2D eigenvalue weighted by Crippen LogP contribution is 2.20. The summed E-state index contributed by atoms with van der Waals surface area (Å²) < 4.78 is 1.55. The number of benzene rings is 1. The molecule has 1 aromatic carbocycles. The second-order valence-corrected chi connectivity index (χ2v) is 5.15. The zero-order chi connectivity index (χ0) is 13.9. The van der Waals surface area contributed by atoms with Gasteiger partial charge < -0.3 is 4.90 Å². The molecule has 2 heterocycles. The molecule has 1 amide bonds. The second-order valence-electron chi connectivity index (χ2n) is 5.15. The van der Waals surface area contributed by atoms with Crippen LogP contribution >= 0.6 is 0 Å². The molecule has 0 N–H and O–H groups in total. The largest absolute Gasteiger partial charge is 0.336 e. The lowest BCUT2D eigenvalue weighted by Crippen LogP contribution is -2.42. The minimum Gasteiger partial charge on any atom is -0.336 e. The smallest absolute Gasteiger partial charge is 0.254 e. The van der Waals surface area contributed by atoms with E-state index in [0.29, 0.717) is 11.6 Å². The fraction of sp³-hybridized carbons (Fsp3) is 0.429. The number of tetrazole rings is 1. The van der Waals surface area contributed by atoms with Gasteiger partial charge in [-0.3, -0.25) is 4.79 Å². The molecule has 2 aromatic rings. The van der Waals surface area contributed by atoms with Gasteiger partial charge in [-0.2, -0.15) is 0 Å². The van der Waals surface area contributed by atoms with Crippen molar-refractivity contribution in [2.24, 2.45) is 0 Å². The Bertz CT molecular complexity index is 595. The molecule has 0 unspecified atom stereocenters. The van der Waals surface area contributed by atoms with Gasteiger partial charge in [0.2, 0.25) is 0 Å². The molecule has 1 aromatic heterocycles. The van der Waals surface area contributed by atoms with E-state index < -0.39 is 0 Å². The number of carbonyl (C=O) groups excluding carboxylic acids is 1. The first-order valence-corrected chi connectivity index (χ1v) is 6.90. The summed E-state index contributed by atoms with van der Waals surface area (Å²) in [7, 11) is 0. The molecule has 1 aliphatic rings. The molecule has 1 aliphatic heterocycles. The first kappa shape index (κ1) is 12.8. The number of rotatable bonds is 2. The molecule has 1 atom stereocenters. The molecule has 0 spiro atoms. The highest BCUT2D eigenvalue weighted by molar-refractivity contribution is 5.95. The van der Waals surface area contributed by atoms with Crippen LogP contribution in [0.1, 0.15) is 36.5 Å². The van der Waals surface area contributed by atoms with E-state index in [9.17, 15) is 4.79 Å². The van der Waals surface area contributed by atoms with Crippen molar-refractivity contribution in [2.45, 2.75) is 32.2 Å². The van der Waals surface area contributed by atoms with E-state index in [1.54, 1.807) is 4.68 Å². The lowest BCUT2D eigenvalue weighted by molar-refractivity contribution is 0.0635. The van der Waals surface area contributed by atoms with Crippen molar-refractivity contribution in [1.82, 2.24) is 25.1 Å². The molecule has 1 fully saturated rings. The van der Waals surface area contributed by atoms with E-state index in [4.69, 9.17) is 0 Å². The molecule has 3 rings (SSSR count). The van der Waals surface area contributed by atoms with Crippen LogP contribution in [0, 0.1) is 0 Å². The van der Waals surface area contributed by atoms with Crippen LogP contribution in [0.4, 0.5) is 0 Å². The predicted molar refractivity (Wildman–Crippen MR) is 73.5 cm³/mol. The van der Waals surface area contributed by atoms with E-state index in [2.05, 4.69) is 22.4 Å². The topological polar surface area (TPSA) is 63.9 Å². The van der Waals surface area contributed by atoms with Crippen LogP contribution in [-0.4, -0.2) is 43.6 Å². The fourth-order valence-corrected chi connectivity index (χ4v) is 2.63. The summed E-state index contributed by atoms with van der Waals surface area (Å²) in [6.45, 7) is 2.96. The van der Waals surface area contributed by atoms with Crippen LogP contribution in [0.15, 0.2) is 30.6 Å². The van der Waals surface area contributed by atoms with Gasteiger partial charge in [0, 0.05) is 18.2 Å². The van der Waals surface area contributed by atoms with E-state index in [1.165, 1.54) is 12.7 Å². The average Bonchev–Trinajstić information content (AvgIpc) is 3.01. The maximum atomic E-state index is 12.6. The van der Waals surface area contributed by atoms with Gasteiger partial charge in [-0.1, -0.05) is 6.07 Å². The summed E-state index contributed by atoms with van der Waals surface area (Å²) in [6, 6.07) is 7.73. The summed E-state index contributed by atoms with van der Waals surface area (Å²) in [6.07, 6.45) is 4.89. The van der Waals surface area contributed by atoms with Gasteiger partial charge in [-0.15, -0.1) is 5.10 Å². The van der Waals surface area contributed by atoms with Crippen molar-refractivity contribution in [3.63, 3.8) is 0 Å². The van der Waals surface area contributed by atoms with Crippen molar-refractivity contribution in [3.05, 3.63) is 36.2 Å². The van der Waals surface area contributed by atoms with E-state index in [1.807, 2.05) is 29.2 Å². The lowest BCUT2D eigenvalue weighted by Gasteiger charge is -2.33. The van der Waals surface area contributed by atoms with Crippen LogP contribution in [-0.2, 0) is 0 Å². The Kier molecular flexibility index (Phi) is 3.45. The first-order chi connectivity index (χ1) is 9.75. The number of likely N-dealkylation sites (tertiary alicyclic amines) is 1. The van der Waals surface area contributed by atoms with Crippen molar-refractivity contribution < 1.29 is 4.79 Å². The van der Waals surface area contributed by atoms with Crippen molar-refractivity contribution in [1.29, 1.82) is 0 Å². The Hall–Kier alpha value is -2.24. The molecular formula is C14H17N5O. The maximum Gasteiger partial charge on any atom is 0.254 e. The normalized spacial score (nSPS) is 19.1. The molecule has 0 aliphatic carbocycles. The molecule has 104 valence electrons. The third kappa shape index (κ3) is 2.41. The Morgan fingerprint density at radius 2 is 2.25 bits per heavy atom. The molecular weight excluding hydrogens is 254 g/mol. The van der Waals surface area contributed by atoms with Crippen LogP contribution in [0.5, 0.6) is 0 Å². The highest BCUT2D eigenvalue weighted by Gasteiger charge is 2.24. The zero-order valence-corrected chi connectivity index (χ0v) is 11.4. The fourth-order valence-electron chi connectivity index (χ4n) is 2.63. The Labute approximate surface area is 117 Å². The summed E-state index contributed by atoms with van der Waals surface area (Å²) in [5.74, 6) is 0.0899. The number of carbonyl (C=O) groups is 1. The summed E-state index contributed by atoms with van der Waals surface area (Å²) in [5.41, 5.74) is 1.48. The Morgan fingerprint density at radius 1 is 1.35 bits per heavy atom. The summed E-state index contributed by atoms with van der Waals surface area (Å²) in [4.78, 5) is 14.6. The van der Waals surface area contributed by atoms with Crippen LogP contribution in [0.25, 0.3) is 5.69 Å². The van der Waals surface area contributed by atoms with Crippen LogP contribution in [0.2, 0.25) is 0 Å². The van der Waals surface area contributed by atoms with Gasteiger partial charge in [0.15, 0.2) is 0 Å². The molecule has 20 heavy (non-hydrogen) atoms. The van der Waals surface area contributed by atoms with Crippen molar-refractivity contribution in [2.75, 3.05) is 6.54 Å². The minimum atomic E-state index is 0.0899. The first-order valence-electron chi connectivity index (χ1n) is 6.90. The monoisotopic (exact) mass is 271 g/mol. The van der Waals surface area contributed by atoms with E-state index in [-0.39, 0.29) is 5.91 Å². The number of aromatic nitrogens is 4. The lowest BCUT2D eigenvalue weighted by atomic mass is 10.0. The van der Waals surface area contributed by atoms with Gasteiger partial charge in [0.1, 0.15) is 6.33 Å². The maximum absolute atomic E-state index is 12.6. The third-order valence-electron chi connectivity index (χ3n) is 3.77. The van der Waals surface area contributed by atoms with Crippen LogP contribution < -0.4 is 0 Å². The van der Waals surface area contributed by atoms with E-state index in [0.717, 1.165) is 25.1 Å². The predicted octanol–water partition coefficient (Wildman–Crippen LogP) is 1.68. The van der Waals surface area contributed by atoms with Gasteiger partial charge >= 0.3 is 0 Å². The van der Waals surface area contributed by atoms with Crippen molar-refractivity contribution in [3.8, 4) is 5.69 Å². The number of hydrogen-bond donors (Lipinski definition) is 0. The molecule has 1 saturated heterocycles. The standard InChI is InChI=1S/C14H17N5O/c1-11-5-2-3-8-18(11)14(20)12-6-4-7-13(9-12)19-10-15-16-17-19/h4,6-7,9-11H,2-3,5,8H2,1H3/t11-/m1/s1. The van der Waals surface area contributed by atoms with Gasteiger partial charge in [0.25, 0.3) is 5.91 Å². The Balaban J connectivity index is 1.86. The molecule has 0 saturated carbocycles. The number of piperidine rings is 1. The number of amides is 1.